The van der Waals surface area contributed by atoms with Crippen molar-refractivity contribution in [3.05, 3.63) is 35.9 Å². The van der Waals surface area contributed by atoms with Gasteiger partial charge in [-0.15, -0.1) is 0 Å². The quantitative estimate of drug-likeness (QED) is 0.512. The van der Waals surface area contributed by atoms with Crippen molar-refractivity contribution in [1.82, 2.24) is 10.2 Å². The monoisotopic (exact) mass is 297 g/mol. The van der Waals surface area contributed by atoms with Crippen LogP contribution in [0.5, 0.6) is 0 Å². The molecule has 1 amide bonds. The van der Waals surface area contributed by atoms with Gasteiger partial charge in [0.1, 0.15) is 0 Å². The van der Waals surface area contributed by atoms with E-state index in [9.17, 15) is 4.79 Å². The summed E-state index contributed by atoms with van der Waals surface area (Å²) in [6.45, 7) is 4.16. The first-order valence-corrected chi connectivity index (χ1v) is 7.68. The van der Waals surface area contributed by atoms with Gasteiger partial charge in [-0.05, 0) is 30.9 Å². The number of carbonyl (C=O) groups excluding carboxylic acids is 1. The van der Waals surface area contributed by atoms with Crippen LogP contribution in [0.3, 0.4) is 0 Å². The van der Waals surface area contributed by atoms with Gasteiger partial charge in [-0.25, -0.2) is 0 Å². The predicted octanol–water partition coefficient (Wildman–Crippen LogP) is 2.72. The molecule has 4 heteroatoms. The zero-order valence-electron chi connectivity index (χ0n) is 13.4. The molecule has 4 nitrogen and oxygen atoms in total. The van der Waals surface area contributed by atoms with E-state index >= 15 is 0 Å². The summed E-state index contributed by atoms with van der Waals surface area (Å²) < 4.78 is 0. The first-order chi connectivity index (χ1) is 10.5. The summed E-state index contributed by atoms with van der Waals surface area (Å²) in [6, 6.07) is 8.87. The third-order valence-corrected chi connectivity index (χ3v) is 3.68. The highest BCUT2D eigenvalue weighted by Crippen LogP contribution is 2.27. The normalized spacial score (nSPS) is 14.7. The zero-order valence-corrected chi connectivity index (χ0v) is 13.4. The van der Waals surface area contributed by atoms with E-state index < -0.39 is 0 Å². The number of hydrogen-bond acceptors (Lipinski definition) is 2. The second-order valence-corrected chi connectivity index (χ2v) is 6.03. The van der Waals surface area contributed by atoms with Gasteiger partial charge in [0, 0.05) is 18.5 Å². The Morgan fingerprint density at radius 3 is 2.50 bits per heavy atom. The van der Waals surface area contributed by atoms with Crippen molar-refractivity contribution in [3.8, 4) is 11.8 Å². The summed E-state index contributed by atoms with van der Waals surface area (Å²) in [4.78, 5) is 13.9. The highest BCUT2D eigenvalue weighted by Gasteiger charge is 2.22. The lowest BCUT2D eigenvalue weighted by Crippen LogP contribution is -2.47. The summed E-state index contributed by atoms with van der Waals surface area (Å²) in [5, 5.41) is 10.8. The Bertz CT molecular complexity index is 594. The van der Waals surface area contributed by atoms with Gasteiger partial charge in [0.25, 0.3) is 5.91 Å². The summed E-state index contributed by atoms with van der Waals surface area (Å²) in [6.07, 6.45) is 2.37. The van der Waals surface area contributed by atoms with Gasteiger partial charge < -0.3 is 4.90 Å². The average Bonchev–Trinajstić information content (AvgIpc) is 3.32. The lowest BCUT2D eigenvalue weighted by Gasteiger charge is -2.29. The van der Waals surface area contributed by atoms with Crippen molar-refractivity contribution in [2.75, 3.05) is 7.05 Å². The van der Waals surface area contributed by atoms with Crippen LogP contribution < -0.4 is 5.32 Å². The molecule has 0 spiro atoms. The maximum Gasteiger partial charge on any atom is 0.257 e. The molecule has 1 saturated carbocycles. The van der Waals surface area contributed by atoms with Crippen molar-refractivity contribution in [2.45, 2.75) is 32.7 Å². The third-order valence-electron chi connectivity index (χ3n) is 3.68. The zero-order chi connectivity index (χ0) is 16.1. The molecule has 1 atom stereocenters. The topological polar surface area (TPSA) is 56.2 Å². The largest absolute Gasteiger partial charge is 0.332 e. The van der Waals surface area contributed by atoms with E-state index in [1.807, 2.05) is 6.07 Å². The van der Waals surface area contributed by atoms with E-state index in [0.29, 0.717) is 11.5 Å². The van der Waals surface area contributed by atoms with Crippen molar-refractivity contribution in [3.63, 3.8) is 0 Å². The van der Waals surface area contributed by atoms with Gasteiger partial charge >= 0.3 is 0 Å². The summed E-state index contributed by atoms with van der Waals surface area (Å²) in [5.41, 5.74) is 0.547. The Balaban J connectivity index is 2.00. The van der Waals surface area contributed by atoms with E-state index in [4.69, 9.17) is 5.41 Å². The fourth-order valence-electron chi connectivity index (χ4n) is 2.14. The molecule has 0 radical (unpaired) electrons. The number of nitrogens with zero attached hydrogens (tertiary/aromatic N) is 1. The van der Waals surface area contributed by atoms with Crippen LogP contribution in [0.15, 0.2) is 30.3 Å². The molecule has 1 aliphatic rings. The van der Waals surface area contributed by atoms with Crippen LogP contribution in [0.2, 0.25) is 0 Å². The van der Waals surface area contributed by atoms with Gasteiger partial charge in [-0.2, -0.15) is 0 Å². The number of nitrogens with one attached hydrogen (secondary N) is 2. The minimum absolute atomic E-state index is 0.0656. The molecule has 1 aromatic carbocycles. The van der Waals surface area contributed by atoms with Gasteiger partial charge in [0.2, 0.25) is 0 Å². The molecular weight excluding hydrogens is 274 g/mol. The average molecular weight is 297 g/mol. The third kappa shape index (κ3) is 4.36. The Hall–Kier alpha value is -2.28. The van der Waals surface area contributed by atoms with Gasteiger partial charge in [0.15, 0.2) is 5.96 Å². The van der Waals surface area contributed by atoms with Gasteiger partial charge in [-0.1, -0.05) is 43.9 Å². The standard InChI is InChI=1S/C18H23N3O/c1-13(2)16(12-11-14-9-10-14)21(3)18(19)20-17(22)15-7-5-4-6-8-15/h4-8,13-14,16H,9-10H2,1-3H3,(H2,19,20,22). The first-order valence-electron chi connectivity index (χ1n) is 7.68. The molecule has 116 valence electrons. The van der Waals surface area contributed by atoms with Crippen molar-refractivity contribution in [1.29, 1.82) is 5.41 Å². The fraction of sp³-hybridized carbons (Fsp3) is 0.444. The van der Waals surface area contributed by atoms with Crippen LogP contribution in [0, 0.1) is 29.1 Å². The molecule has 22 heavy (non-hydrogen) atoms. The smallest absolute Gasteiger partial charge is 0.257 e. The minimum Gasteiger partial charge on any atom is -0.332 e. The van der Waals surface area contributed by atoms with E-state index in [2.05, 4.69) is 31.0 Å². The molecule has 1 fully saturated rings. The van der Waals surface area contributed by atoms with Crippen molar-refractivity contribution >= 4 is 11.9 Å². The first kappa shape index (κ1) is 16.1. The van der Waals surface area contributed by atoms with Crippen LogP contribution in [-0.2, 0) is 0 Å². The lowest BCUT2D eigenvalue weighted by molar-refractivity contribution is 0.0971. The van der Waals surface area contributed by atoms with E-state index in [1.165, 1.54) is 12.8 Å². The SMILES string of the molecule is CC(C)C(C#CC1CC1)N(C)C(=N)NC(=O)c1ccccc1. The van der Waals surface area contributed by atoms with Crippen molar-refractivity contribution in [2.24, 2.45) is 11.8 Å². The van der Waals surface area contributed by atoms with Gasteiger partial charge in [-0.3, -0.25) is 15.5 Å². The van der Waals surface area contributed by atoms with E-state index in [-0.39, 0.29) is 23.8 Å². The molecule has 1 unspecified atom stereocenters. The Kier molecular flexibility index (Phi) is 5.21. The highest BCUT2D eigenvalue weighted by atomic mass is 16.1. The number of hydrogen-bond donors (Lipinski definition) is 2. The molecule has 1 aromatic rings. The van der Waals surface area contributed by atoms with Crippen LogP contribution >= 0.6 is 0 Å². The molecule has 0 aliphatic heterocycles. The summed E-state index contributed by atoms with van der Waals surface area (Å²) in [5.74, 6) is 7.14. The van der Waals surface area contributed by atoms with Crippen LogP contribution in [0.4, 0.5) is 0 Å². The van der Waals surface area contributed by atoms with E-state index in [0.717, 1.165) is 0 Å². The molecule has 0 heterocycles. The minimum atomic E-state index is -0.268. The molecule has 2 N–H and O–H groups in total. The fourth-order valence-corrected chi connectivity index (χ4v) is 2.14. The number of rotatable bonds is 3. The Morgan fingerprint density at radius 2 is 1.95 bits per heavy atom. The number of benzene rings is 1. The molecule has 0 aromatic heterocycles. The van der Waals surface area contributed by atoms with Crippen molar-refractivity contribution < 1.29 is 4.79 Å². The number of carbonyl (C=O) groups is 1. The molecular formula is C18H23N3O. The van der Waals surface area contributed by atoms with Crippen LogP contribution in [0.1, 0.15) is 37.0 Å². The molecule has 0 saturated heterocycles. The molecule has 2 rings (SSSR count). The molecule has 0 bridgehead atoms. The van der Waals surface area contributed by atoms with Crippen LogP contribution in [0.25, 0.3) is 0 Å². The van der Waals surface area contributed by atoms with Crippen LogP contribution in [-0.4, -0.2) is 29.9 Å². The van der Waals surface area contributed by atoms with Gasteiger partial charge in [0.05, 0.1) is 6.04 Å². The molecule has 1 aliphatic carbocycles. The second-order valence-electron chi connectivity index (χ2n) is 6.03. The number of amides is 1. The Morgan fingerprint density at radius 1 is 1.32 bits per heavy atom. The Labute approximate surface area is 132 Å². The maximum atomic E-state index is 12.1. The summed E-state index contributed by atoms with van der Waals surface area (Å²) >= 11 is 0. The lowest BCUT2D eigenvalue weighted by atomic mass is 10.0. The predicted molar refractivity (Wildman–Crippen MR) is 88.5 cm³/mol. The highest BCUT2D eigenvalue weighted by molar-refractivity contribution is 6.04. The second kappa shape index (κ2) is 7.13. The summed E-state index contributed by atoms with van der Waals surface area (Å²) in [7, 11) is 1.81. The number of guanidine groups is 1. The van der Waals surface area contributed by atoms with E-state index in [1.54, 1.807) is 36.2 Å². The maximum absolute atomic E-state index is 12.1.